The van der Waals surface area contributed by atoms with Crippen LogP contribution in [0.3, 0.4) is 0 Å². The van der Waals surface area contributed by atoms with Crippen LogP contribution in [0.5, 0.6) is 0 Å². The monoisotopic (exact) mass is 256 g/mol. The van der Waals surface area contributed by atoms with Crippen molar-refractivity contribution < 1.29 is 9.90 Å². The third-order valence-corrected chi connectivity index (χ3v) is 3.54. The lowest BCUT2D eigenvalue weighted by Crippen LogP contribution is -2.41. The number of para-hydroxylation sites is 1. The smallest absolute Gasteiger partial charge is 0.326 e. The third kappa shape index (κ3) is 2.67. The topological polar surface area (TPSA) is 49.3 Å². The van der Waals surface area contributed by atoms with Gasteiger partial charge in [0.1, 0.15) is 6.04 Å². The van der Waals surface area contributed by atoms with Crippen molar-refractivity contribution in [2.24, 2.45) is 5.92 Å². The van der Waals surface area contributed by atoms with E-state index in [1.165, 1.54) is 5.56 Å². The van der Waals surface area contributed by atoms with Crippen molar-refractivity contribution >= 4 is 20.1 Å². The second kappa shape index (κ2) is 6.46. The molecule has 3 rings (SSSR count). The molecule has 3 nitrogen and oxygen atoms in total. The fraction of sp³-hybridized carbons (Fsp3) is 0.400. The number of fused-ring (bicyclic) bond motifs is 3. The molecular formula is C15H19BNO2. The molecule has 0 bridgehead atoms. The quantitative estimate of drug-likeness (QED) is 0.600. The van der Waals surface area contributed by atoms with Gasteiger partial charge in [-0.1, -0.05) is 44.2 Å². The number of aliphatic carboxylic acids is 1. The maximum atomic E-state index is 11.2. The van der Waals surface area contributed by atoms with Crippen molar-refractivity contribution in [2.75, 3.05) is 5.32 Å². The summed E-state index contributed by atoms with van der Waals surface area (Å²) in [6.07, 6.45) is 5.08. The summed E-state index contributed by atoms with van der Waals surface area (Å²) < 4.78 is 0. The molecule has 2 aliphatic rings. The van der Waals surface area contributed by atoms with E-state index >= 15 is 0 Å². The Labute approximate surface area is 116 Å². The molecule has 19 heavy (non-hydrogen) atoms. The van der Waals surface area contributed by atoms with Crippen molar-refractivity contribution in [1.82, 2.24) is 0 Å². The lowest BCUT2D eigenvalue weighted by atomic mass is 9.79. The van der Waals surface area contributed by atoms with E-state index in [4.69, 9.17) is 0 Å². The van der Waals surface area contributed by atoms with Gasteiger partial charge in [0.15, 0.2) is 0 Å². The predicted molar refractivity (Wildman–Crippen MR) is 78.6 cm³/mol. The lowest BCUT2D eigenvalue weighted by Gasteiger charge is -2.34. The fourth-order valence-electron chi connectivity index (χ4n) is 2.79. The highest BCUT2D eigenvalue weighted by molar-refractivity contribution is 5.80. The van der Waals surface area contributed by atoms with Gasteiger partial charge in [-0.25, -0.2) is 4.79 Å². The van der Waals surface area contributed by atoms with Crippen LogP contribution in [0.1, 0.15) is 31.7 Å². The fourth-order valence-corrected chi connectivity index (χ4v) is 2.79. The molecule has 1 aromatic rings. The molecule has 0 fully saturated rings. The van der Waals surface area contributed by atoms with E-state index in [0.29, 0.717) is 0 Å². The van der Waals surface area contributed by atoms with Crippen molar-refractivity contribution in [3.05, 3.63) is 42.0 Å². The first-order chi connectivity index (χ1) is 8.77. The van der Waals surface area contributed by atoms with Gasteiger partial charge in [0.2, 0.25) is 0 Å². The molecule has 3 radical (unpaired) electrons. The average molecular weight is 256 g/mol. The molecule has 0 amide bonds. The summed E-state index contributed by atoms with van der Waals surface area (Å²) in [6, 6.07) is 7.51. The number of carbonyl (C=O) groups is 1. The number of carboxylic acid groups (broad SMARTS) is 1. The molecule has 0 saturated carbocycles. The summed E-state index contributed by atoms with van der Waals surface area (Å²) in [6.45, 7) is 4.00. The SMILES string of the molecule is CC.O=C(O)C1Nc2ccccc2C2C=CCC12.[B]. The van der Waals surface area contributed by atoms with Gasteiger partial charge in [-0.15, -0.1) is 0 Å². The van der Waals surface area contributed by atoms with E-state index in [-0.39, 0.29) is 20.2 Å². The Morgan fingerprint density at radius 1 is 1.32 bits per heavy atom. The number of hydrogen-bond donors (Lipinski definition) is 2. The van der Waals surface area contributed by atoms with Crippen LogP contribution in [0.15, 0.2) is 36.4 Å². The van der Waals surface area contributed by atoms with Crippen LogP contribution >= 0.6 is 0 Å². The minimum Gasteiger partial charge on any atom is -0.480 e. The number of allylic oxidation sites excluding steroid dienone is 2. The molecule has 0 spiro atoms. The Kier molecular flexibility index (Phi) is 5.22. The largest absolute Gasteiger partial charge is 0.480 e. The summed E-state index contributed by atoms with van der Waals surface area (Å²) in [4.78, 5) is 11.2. The minimum absolute atomic E-state index is 0. The van der Waals surface area contributed by atoms with Gasteiger partial charge in [-0.3, -0.25) is 0 Å². The highest BCUT2D eigenvalue weighted by Gasteiger charge is 2.40. The Hall–Kier alpha value is -1.71. The Balaban J connectivity index is 0.000000576. The maximum absolute atomic E-state index is 11.2. The average Bonchev–Trinajstić information content (AvgIpc) is 2.89. The van der Waals surface area contributed by atoms with Gasteiger partial charge < -0.3 is 10.4 Å². The van der Waals surface area contributed by atoms with Gasteiger partial charge >= 0.3 is 5.97 Å². The number of carboxylic acids is 1. The number of benzene rings is 1. The molecule has 1 heterocycles. The lowest BCUT2D eigenvalue weighted by molar-refractivity contribution is -0.139. The number of anilines is 1. The molecule has 99 valence electrons. The van der Waals surface area contributed by atoms with E-state index in [1.54, 1.807) is 0 Å². The van der Waals surface area contributed by atoms with Crippen molar-refractivity contribution in [3.8, 4) is 0 Å². The molecule has 0 saturated heterocycles. The van der Waals surface area contributed by atoms with E-state index in [2.05, 4.69) is 23.5 Å². The molecule has 1 aliphatic heterocycles. The van der Waals surface area contributed by atoms with Gasteiger partial charge in [-0.2, -0.15) is 0 Å². The Bertz CT molecular complexity index is 473. The van der Waals surface area contributed by atoms with Crippen molar-refractivity contribution in [3.63, 3.8) is 0 Å². The summed E-state index contributed by atoms with van der Waals surface area (Å²) >= 11 is 0. The molecule has 3 unspecified atom stereocenters. The predicted octanol–water partition coefficient (Wildman–Crippen LogP) is 2.87. The van der Waals surface area contributed by atoms with Crippen LogP contribution in [0.4, 0.5) is 5.69 Å². The van der Waals surface area contributed by atoms with Gasteiger partial charge in [0.05, 0.1) is 0 Å². The standard InChI is InChI=1S/C13H13NO2.C2H6.B/c15-13(16)12-10-6-3-5-8(10)9-4-1-2-7-11(9)14-12;1-2;/h1-5,7-8,10,12,14H,6H2,(H,15,16);1-2H3;. The van der Waals surface area contributed by atoms with Crippen molar-refractivity contribution in [2.45, 2.75) is 32.2 Å². The second-order valence-corrected chi connectivity index (χ2v) is 4.40. The molecule has 3 atom stereocenters. The molecule has 1 aromatic carbocycles. The first-order valence-corrected chi connectivity index (χ1v) is 6.52. The Morgan fingerprint density at radius 3 is 2.68 bits per heavy atom. The van der Waals surface area contributed by atoms with Crippen LogP contribution in [0.2, 0.25) is 0 Å². The Morgan fingerprint density at radius 2 is 2.00 bits per heavy atom. The van der Waals surface area contributed by atoms with E-state index in [9.17, 15) is 9.90 Å². The van der Waals surface area contributed by atoms with Crippen LogP contribution in [-0.2, 0) is 4.79 Å². The number of hydrogen-bond acceptors (Lipinski definition) is 2. The highest BCUT2D eigenvalue weighted by Crippen LogP contribution is 2.44. The van der Waals surface area contributed by atoms with Crippen LogP contribution < -0.4 is 5.32 Å². The molecule has 0 aromatic heterocycles. The summed E-state index contributed by atoms with van der Waals surface area (Å²) in [5.74, 6) is -0.334. The zero-order valence-corrected chi connectivity index (χ0v) is 11.3. The summed E-state index contributed by atoms with van der Waals surface area (Å²) in [5, 5.41) is 12.3. The highest BCUT2D eigenvalue weighted by atomic mass is 16.4. The molecular weight excluding hydrogens is 237 g/mol. The first-order valence-electron chi connectivity index (χ1n) is 6.52. The number of nitrogens with one attached hydrogen (secondary N) is 1. The van der Waals surface area contributed by atoms with Crippen molar-refractivity contribution in [1.29, 1.82) is 0 Å². The van der Waals surface area contributed by atoms with E-state index < -0.39 is 12.0 Å². The molecule has 4 heteroatoms. The first kappa shape index (κ1) is 15.4. The normalized spacial score (nSPS) is 25.9. The van der Waals surface area contributed by atoms with Gasteiger partial charge in [0, 0.05) is 25.9 Å². The minimum atomic E-state index is -0.756. The number of rotatable bonds is 1. The van der Waals surface area contributed by atoms with E-state index in [0.717, 1.165) is 12.1 Å². The summed E-state index contributed by atoms with van der Waals surface area (Å²) in [5.41, 5.74) is 2.18. The third-order valence-electron chi connectivity index (χ3n) is 3.54. The van der Waals surface area contributed by atoms with Crippen LogP contribution in [0.25, 0.3) is 0 Å². The molecule has 1 aliphatic carbocycles. The second-order valence-electron chi connectivity index (χ2n) is 4.40. The van der Waals surface area contributed by atoms with Crippen LogP contribution in [0, 0.1) is 5.92 Å². The maximum Gasteiger partial charge on any atom is 0.326 e. The van der Waals surface area contributed by atoms with E-state index in [1.807, 2.05) is 32.0 Å². The van der Waals surface area contributed by atoms with Gasteiger partial charge in [0.25, 0.3) is 0 Å². The summed E-state index contributed by atoms with van der Waals surface area (Å²) in [7, 11) is 0. The zero-order chi connectivity index (χ0) is 13.1. The van der Waals surface area contributed by atoms with Gasteiger partial charge in [-0.05, 0) is 18.1 Å². The molecule has 2 N–H and O–H groups in total. The zero-order valence-electron chi connectivity index (χ0n) is 11.3. The van der Waals surface area contributed by atoms with Crippen LogP contribution in [-0.4, -0.2) is 25.5 Å².